The Hall–Kier alpha value is -15.4. The molecule has 25 rings (SSSR count). The number of anilines is 9. The maximum atomic E-state index is 10.8. The lowest BCUT2D eigenvalue weighted by Crippen LogP contribution is -2.64. The van der Waals surface area contributed by atoms with Crippen LogP contribution >= 0.6 is 0 Å². The smallest absolute Gasteiger partial charge is 0.256 e. The minimum Gasteiger partial charge on any atom is -0.458 e. The summed E-state index contributed by atoms with van der Waals surface area (Å²) in [5, 5.41) is 12.9. The summed E-state index contributed by atoms with van der Waals surface area (Å²) in [5.74, 6) is 1.60. The van der Waals surface area contributed by atoms with Crippen molar-refractivity contribution in [2.45, 2.75) is 110 Å². The number of nitrogens with zero attached hydrogens (tertiary/aromatic N) is 5. The van der Waals surface area contributed by atoms with Crippen molar-refractivity contribution in [1.82, 2.24) is 4.57 Å². The van der Waals surface area contributed by atoms with Crippen LogP contribution in [-0.2, 0) is 27.1 Å². The molecule has 640 valence electrons. The van der Waals surface area contributed by atoms with E-state index in [1.54, 1.807) is 0 Å². The molecule has 5 heterocycles. The van der Waals surface area contributed by atoms with Crippen LogP contribution in [-0.4, -0.2) is 18.0 Å². The number of aromatic nitrogens is 1. The molecule has 2 aliphatic carbocycles. The van der Waals surface area contributed by atoms with Crippen molar-refractivity contribution in [3.8, 4) is 101 Å². The average molecular weight is 1720 g/mol. The van der Waals surface area contributed by atoms with E-state index in [9.17, 15) is 5.26 Å². The summed E-state index contributed by atoms with van der Waals surface area (Å²) in [4.78, 5) is 7.99. The number of fused-ring (bicyclic) bond motifs is 21. The molecule has 0 saturated carbocycles. The molecule has 18 aromatic carbocycles. The van der Waals surface area contributed by atoms with Crippen molar-refractivity contribution in [1.29, 1.82) is 5.26 Å². The second-order valence-electron chi connectivity index (χ2n) is 41.7. The quantitative estimate of drug-likeness (QED) is 0.135. The van der Waals surface area contributed by atoms with Crippen molar-refractivity contribution < 1.29 is 4.74 Å². The van der Waals surface area contributed by atoms with Gasteiger partial charge in [-0.3, -0.25) is 0 Å². The third kappa shape index (κ3) is 12.0. The summed E-state index contributed by atoms with van der Waals surface area (Å²) in [6, 6.07) is 148. The second kappa shape index (κ2) is 29.5. The number of hydrogen-bond donors (Lipinski definition) is 0. The van der Waals surface area contributed by atoms with Crippen LogP contribution in [0.3, 0.4) is 0 Å². The summed E-state index contributed by atoms with van der Waals surface area (Å²) >= 11 is 0. The highest BCUT2D eigenvalue weighted by molar-refractivity contribution is 7.02. The van der Waals surface area contributed by atoms with Crippen LogP contribution in [0.1, 0.15) is 133 Å². The molecule has 0 fully saturated rings. The Labute approximate surface area is 786 Å². The molecule has 0 N–H and O–H groups in total. The number of benzene rings is 18. The minimum atomic E-state index is -0.674. The van der Waals surface area contributed by atoms with Gasteiger partial charge in [0.2, 0.25) is 0 Å². The molecule has 6 aliphatic rings. The van der Waals surface area contributed by atoms with Crippen molar-refractivity contribution in [2.75, 3.05) is 14.7 Å². The Morgan fingerprint density at radius 1 is 0.269 bits per heavy atom. The van der Waals surface area contributed by atoms with E-state index in [0.717, 1.165) is 157 Å². The zero-order valence-corrected chi connectivity index (χ0v) is 77.7. The Kier molecular flexibility index (Phi) is 17.8. The molecule has 0 atom stereocenters. The standard InChI is InChI=1S/C126H99B2N5O/c1-122(2,3)83-65-84(123(4,5)6)67-87(66-83)131-111-75-115-106(74-105(111)127-103-55-32-35-58-109(103)133(121-97(80-42-21-15-22-43-80)70-86(125(10,11)12)71-98(121)81-44-23-16-24-45-81)114-73-88(72-113(131)118(114)127)130-107-57-34-28-49-93(107)99-62-77(76-129)60-61-108(99)130)128-104-56-33-36-59-110(104)132(120-95(78-38-17-13-18-39-78)68-85(124(7,8)9)69-96(120)79-40-19-14-20-41-79)112-63-82(64-116(134-115)119(112)128)89-50-37-51-94-92-48-27-31-54-102(92)126(117(89)94)100-52-29-25-46-90(100)91-47-26-30-53-101(91)126/h13-75H,1-12H3. The van der Waals surface area contributed by atoms with Crippen LogP contribution in [0.25, 0.3) is 105 Å². The molecule has 134 heavy (non-hydrogen) atoms. The van der Waals surface area contributed by atoms with E-state index in [0.29, 0.717) is 5.56 Å². The molecule has 0 amide bonds. The summed E-state index contributed by atoms with van der Waals surface area (Å²) in [6.07, 6.45) is 0. The molecular weight excluding hydrogens is 1620 g/mol. The molecular formula is C126H99B2N5O. The molecule has 8 heteroatoms. The number of para-hydroxylation sites is 3. The lowest BCUT2D eigenvalue weighted by molar-refractivity contribution is 0.488. The minimum absolute atomic E-state index is 0.226. The van der Waals surface area contributed by atoms with Gasteiger partial charge in [0.15, 0.2) is 0 Å². The highest BCUT2D eigenvalue weighted by atomic mass is 16.5. The third-order valence-corrected chi connectivity index (χ3v) is 29.8. The maximum Gasteiger partial charge on any atom is 0.256 e. The molecule has 19 aromatic rings. The number of hydrogen-bond acceptors (Lipinski definition) is 5. The van der Waals surface area contributed by atoms with Crippen LogP contribution < -0.4 is 52.2 Å². The SMILES string of the molecule is CC(C)(C)c1cc(N2c3cc4c(cc3B3c5ccccc5N(c5c(-c6ccccc6)cc(C(C)(C)C)cc5-c5ccccc5)c5cc(-n6c7ccccc7c7cc(C#N)ccc76)cc2c53)B2c3ccccc3N(c3c(-c5ccccc5)cc(C(C)(C)C)cc3-c3ccccc3)c3cc(-c5cccc6c5C5(c7ccccc7-c7ccccc75)c5ccccc5-6)cc(c32)O4)cc(C(C)(C)C)c1. The first-order chi connectivity index (χ1) is 65.0. The van der Waals surface area contributed by atoms with Gasteiger partial charge in [0, 0.05) is 78.9 Å². The molecule has 1 spiro atoms. The van der Waals surface area contributed by atoms with Gasteiger partial charge < -0.3 is 24.0 Å². The van der Waals surface area contributed by atoms with Gasteiger partial charge in [-0.15, -0.1) is 0 Å². The first-order valence-corrected chi connectivity index (χ1v) is 47.4. The van der Waals surface area contributed by atoms with Gasteiger partial charge in [-0.1, -0.05) is 362 Å². The largest absolute Gasteiger partial charge is 0.458 e. The first kappa shape index (κ1) is 80.6. The van der Waals surface area contributed by atoms with Gasteiger partial charge in [-0.25, -0.2) is 0 Å². The molecule has 1 aromatic heterocycles. The van der Waals surface area contributed by atoms with Crippen molar-refractivity contribution in [2.24, 2.45) is 0 Å². The first-order valence-electron chi connectivity index (χ1n) is 47.4. The van der Waals surface area contributed by atoms with Crippen LogP contribution in [0.4, 0.5) is 51.2 Å². The fraction of sp³-hybridized carbons (Fsp3) is 0.135. The van der Waals surface area contributed by atoms with E-state index in [1.165, 1.54) is 88.6 Å². The molecule has 6 nitrogen and oxygen atoms in total. The van der Waals surface area contributed by atoms with Crippen molar-refractivity contribution >= 4 is 119 Å². The monoisotopic (exact) mass is 1720 g/mol. The summed E-state index contributed by atoms with van der Waals surface area (Å²) in [5.41, 5.74) is 44.9. The van der Waals surface area contributed by atoms with Crippen molar-refractivity contribution in [3.63, 3.8) is 0 Å². The van der Waals surface area contributed by atoms with E-state index in [2.05, 4.69) is 485 Å². The Morgan fingerprint density at radius 3 is 1.18 bits per heavy atom. The fourth-order valence-corrected chi connectivity index (χ4v) is 23.5. The predicted octanol–water partition coefficient (Wildman–Crippen LogP) is 29.0. The topological polar surface area (TPSA) is 47.7 Å². The zero-order chi connectivity index (χ0) is 90.9. The second-order valence-corrected chi connectivity index (χ2v) is 41.7. The Bertz CT molecular complexity index is 8020. The number of nitriles is 1. The lowest BCUT2D eigenvalue weighted by atomic mass is 9.30. The Morgan fingerprint density at radius 2 is 0.679 bits per heavy atom. The van der Waals surface area contributed by atoms with Gasteiger partial charge in [0.25, 0.3) is 13.4 Å². The van der Waals surface area contributed by atoms with E-state index in [1.807, 2.05) is 6.07 Å². The molecule has 0 saturated heterocycles. The molecule has 0 unspecified atom stereocenters. The van der Waals surface area contributed by atoms with Gasteiger partial charge >= 0.3 is 0 Å². The highest BCUT2D eigenvalue weighted by Crippen LogP contribution is 2.66. The van der Waals surface area contributed by atoms with E-state index >= 15 is 0 Å². The van der Waals surface area contributed by atoms with Gasteiger partial charge in [-0.2, -0.15) is 5.26 Å². The van der Waals surface area contributed by atoms with E-state index < -0.39 is 5.41 Å². The molecule has 0 radical (unpaired) electrons. The molecule has 0 bridgehead atoms. The van der Waals surface area contributed by atoms with Gasteiger partial charge in [0.1, 0.15) is 11.5 Å². The number of rotatable bonds is 9. The van der Waals surface area contributed by atoms with E-state index in [-0.39, 0.29) is 35.1 Å². The maximum absolute atomic E-state index is 10.8. The number of ether oxygens (including phenoxy) is 1. The molecule has 4 aliphatic heterocycles. The van der Waals surface area contributed by atoms with Crippen molar-refractivity contribution in [3.05, 3.63) is 432 Å². The van der Waals surface area contributed by atoms with Gasteiger partial charge in [-0.05, 0) is 252 Å². The van der Waals surface area contributed by atoms with Crippen LogP contribution in [0.2, 0.25) is 0 Å². The van der Waals surface area contributed by atoms with Crippen LogP contribution in [0.5, 0.6) is 11.5 Å². The van der Waals surface area contributed by atoms with Crippen LogP contribution in [0.15, 0.2) is 382 Å². The highest BCUT2D eigenvalue weighted by Gasteiger charge is 2.55. The normalized spacial score (nSPS) is 13.9. The predicted molar refractivity (Wildman–Crippen MR) is 564 cm³/mol. The van der Waals surface area contributed by atoms with Gasteiger partial charge in [0.05, 0.1) is 45.1 Å². The van der Waals surface area contributed by atoms with Crippen LogP contribution in [0, 0.1) is 11.3 Å². The lowest BCUT2D eigenvalue weighted by Gasteiger charge is -2.46. The zero-order valence-electron chi connectivity index (χ0n) is 77.7. The Balaban J connectivity index is 0.820. The fourth-order valence-electron chi connectivity index (χ4n) is 23.5. The average Bonchev–Trinajstić information content (AvgIpc) is 1.40. The summed E-state index contributed by atoms with van der Waals surface area (Å²) in [6.45, 7) is 27.6. The summed E-state index contributed by atoms with van der Waals surface area (Å²) < 4.78 is 11.0. The third-order valence-electron chi connectivity index (χ3n) is 29.8. The summed E-state index contributed by atoms with van der Waals surface area (Å²) in [7, 11) is 0. The van der Waals surface area contributed by atoms with E-state index in [4.69, 9.17) is 4.74 Å².